The minimum atomic E-state index is -3.25. The zero-order chi connectivity index (χ0) is 17.9. The van der Waals surface area contributed by atoms with E-state index in [9.17, 15) is 13.2 Å². The van der Waals surface area contributed by atoms with Crippen LogP contribution in [0.25, 0.3) is 0 Å². The zero-order valence-electron chi connectivity index (χ0n) is 14.4. The van der Waals surface area contributed by atoms with Crippen molar-refractivity contribution in [2.45, 2.75) is 36.6 Å². The van der Waals surface area contributed by atoms with Crippen LogP contribution in [0, 0.1) is 0 Å². The highest BCUT2D eigenvalue weighted by Gasteiger charge is 2.27. The van der Waals surface area contributed by atoms with Crippen LogP contribution < -0.4 is 0 Å². The first-order valence-corrected chi connectivity index (χ1v) is 10.5. The molecule has 25 heavy (non-hydrogen) atoms. The molecule has 0 aliphatic carbocycles. The first-order valence-electron chi connectivity index (χ1n) is 8.60. The molecule has 1 unspecified atom stereocenters. The van der Waals surface area contributed by atoms with Crippen LogP contribution in [0.4, 0.5) is 0 Å². The smallest absolute Gasteiger partial charge is 0.254 e. The summed E-state index contributed by atoms with van der Waals surface area (Å²) in [6.45, 7) is 0.754. The van der Waals surface area contributed by atoms with E-state index in [1.807, 2.05) is 23.1 Å². The monoisotopic (exact) mass is 357 g/mol. The van der Waals surface area contributed by atoms with Gasteiger partial charge in [-0.25, -0.2) is 8.42 Å². The molecular formula is C20H23NO3S. The Morgan fingerprint density at radius 2 is 1.72 bits per heavy atom. The Balaban J connectivity index is 1.78. The van der Waals surface area contributed by atoms with Crippen LogP contribution in [0.15, 0.2) is 59.5 Å². The topological polar surface area (TPSA) is 54.5 Å². The molecule has 0 aromatic heterocycles. The van der Waals surface area contributed by atoms with Gasteiger partial charge in [-0.2, -0.15) is 0 Å². The number of carbonyl (C=O) groups is 1. The maximum Gasteiger partial charge on any atom is 0.254 e. The first kappa shape index (κ1) is 17.7. The lowest BCUT2D eigenvalue weighted by Gasteiger charge is -2.36. The maximum absolute atomic E-state index is 12.9. The summed E-state index contributed by atoms with van der Waals surface area (Å²) >= 11 is 0. The van der Waals surface area contributed by atoms with E-state index in [0.29, 0.717) is 5.56 Å². The molecule has 5 heteroatoms. The summed E-state index contributed by atoms with van der Waals surface area (Å²) < 4.78 is 23.2. The van der Waals surface area contributed by atoms with Crippen LogP contribution in [0.2, 0.25) is 0 Å². The number of nitrogens with zero attached hydrogens (tertiary/aromatic N) is 1. The third kappa shape index (κ3) is 4.28. The highest BCUT2D eigenvalue weighted by Crippen LogP contribution is 2.23. The molecule has 4 nitrogen and oxygen atoms in total. The largest absolute Gasteiger partial charge is 0.335 e. The molecule has 1 aliphatic rings. The molecule has 1 fully saturated rings. The summed E-state index contributed by atoms with van der Waals surface area (Å²) in [4.78, 5) is 15.1. The van der Waals surface area contributed by atoms with Gasteiger partial charge >= 0.3 is 0 Å². The lowest BCUT2D eigenvalue weighted by atomic mass is 9.95. The molecule has 1 aliphatic heterocycles. The molecular weight excluding hydrogens is 334 g/mol. The van der Waals surface area contributed by atoms with Gasteiger partial charge < -0.3 is 4.90 Å². The average Bonchev–Trinajstić information content (AvgIpc) is 2.62. The predicted octanol–water partition coefficient (Wildman–Crippen LogP) is 3.33. The molecule has 1 heterocycles. The van der Waals surface area contributed by atoms with Gasteiger partial charge in [-0.15, -0.1) is 0 Å². The quantitative estimate of drug-likeness (QED) is 0.843. The minimum absolute atomic E-state index is 0.0133. The molecule has 132 valence electrons. The van der Waals surface area contributed by atoms with Crippen LogP contribution in [-0.4, -0.2) is 38.1 Å². The van der Waals surface area contributed by atoms with Gasteiger partial charge in [0.15, 0.2) is 9.84 Å². The van der Waals surface area contributed by atoms with E-state index in [2.05, 4.69) is 12.1 Å². The standard InChI is InChI=1S/C20H23NO3S/c1-25(23,24)19-12-10-17(11-13-19)20(22)21-14-6-5-9-18(21)15-16-7-3-2-4-8-16/h2-4,7-8,10-13,18H,5-6,9,14-15H2,1H3. The van der Waals surface area contributed by atoms with Crippen LogP contribution in [0.3, 0.4) is 0 Å². The van der Waals surface area contributed by atoms with Crippen molar-refractivity contribution in [3.63, 3.8) is 0 Å². The van der Waals surface area contributed by atoms with Crippen molar-refractivity contribution in [1.29, 1.82) is 0 Å². The van der Waals surface area contributed by atoms with Crippen LogP contribution >= 0.6 is 0 Å². The molecule has 3 rings (SSSR count). The number of rotatable bonds is 4. The van der Waals surface area contributed by atoms with Gasteiger partial charge in [0.25, 0.3) is 5.91 Å². The van der Waals surface area contributed by atoms with E-state index in [4.69, 9.17) is 0 Å². The SMILES string of the molecule is CS(=O)(=O)c1ccc(C(=O)N2CCCCC2Cc2ccccc2)cc1. The molecule has 0 saturated carbocycles. The van der Waals surface area contributed by atoms with Gasteiger partial charge in [0.05, 0.1) is 4.90 Å². The minimum Gasteiger partial charge on any atom is -0.335 e. The Hall–Kier alpha value is -2.14. The van der Waals surface area contributed by atoms with Crippen molar-refractivity contribution >= 4 is 15.7 Å². The highest BCUT2D eigenvalue weighted by atomic mass is 32.2. The molecule has 0 spiro atoms. The van der Waals surface area contributed by atoms with Crippen molar-refractivity contribution in [2.24, 2.45) is 0 Å². The van der Waals surface area contributed by atoms with Gasteiger partial charge in [-0.3, -0.25) is 4.79 Å². The lowest BCUT2D eigenvalue weighted by Crippen LogP contribution is -2.44. The van der Waals surface area contributed by atoms with Crippen molar-refractivity contribution in [3.05, 3.63) is 65.7 Å². The van der Waals surface area contributed by atoms with Gasteiger partial charge in [-0.1, -0.05) is 30.3 Å². The van der Waals surface area contributed by atoms with E-state index in [1.54, 1.807) is 12.1 Å². The zero-order valence-corrected chi connectivity index (χ0v) is 15.2. The number of hydrogen-bond donors (Lipinski definition) is 0. The number of hydrogen-bond acceptors (Lipinski definition) is 3. The molecule has 1 saturated heterocycles. The van der Waals surface area contributed by atoms with Gasteiger partial charge in [0, 0.05) is 24.4 Å². The van der Waals surface area contributed by atoms with Crippen molar-refractivity contribution in [3.8, 4) is 0 Å². The van der Waals surface area contributed by atoms with Crippen molar-refractivity contribution in [2.75, 3.05) is 12.8 Å². The molecule has 2 aromatic rings. The molecule has 0 radical (unpaired) electrons. The van der Waals surface area contributed by atoms with E-state index in [0.717, 1.165) is 32.2 Å². The molecule has 1 amide bonds. The van der Waals surface area contributed by atoms with Crippen LogP contribution in [0.1, 0.15) is 35.2 Å². The summed E-state index contributed by atoms with van der Waals surface area (Å²) in [5.41, 5.74) is 1.78. The molecule has 1 atom stereocenters. The fourth-order valence-corrected chi connectivity index (χ4v) is 4.01. The van der Waals surface area contributed by atoms with Gasteiger partial charge in [0.1, 0.15) is 0 Å². The molecule has 0 N–H and O–H groups in total. The van der Waals surface area contributed by atoms with Crippen LogP contribution in [0.5, 0.6) is 0 Å². The summed E-state index contributed by atoms with van der Waals surface area (Å²) in [6.07, 6.45) is 5.17. The number of amides is 1. The Morgan fingerprint density at radius 3 is 2.36 bits per heavy atom. The van der Waals surface area contributed by atoms with E-state index < -0.39 is 9.84 Å². The summed E-state index contributed by atoms with van der Waals surface area (Å²) in [5, 5.41) is 0. The normalized spacial score (nSPS) is 18.1. The van der Waals surface area contributed by atoms with E-state index in [1.165, 1.54) is 24.0 Å². The lowest BCUT2D eigenvalue weighted by molar-refractivity contribution is 0.0613. The molecule has 2 aromatic carbocycles. The number of piperidine rings is 1. The number of sulfone groups is 1. The maximum atomic E-state index is 12.9. The van der Waals surface area contributed by atoms with E-state index in [-0.39, 0.29) is 16.8 Å². The summed E-state index contributed by atoms with van der Waals surface area (Å²) in [7, 11) is -3.25. The second kappa shape index (κ2) is 7.40. The fraction of sp³-hybridized carbons (Fsp3) is 0.350. The Kier molecular flexibility index (Phi) is 5.23. The third-order valence-electron chi connectivity index (χ3n) is 4.73. The Morgan fingerprint density at radius 1 is 1.04 bits per heavy atom. The van der Waals surface area contributed by atoms with Crippen molar-refractivity contribution < 1.29 is 13.2 Å². The van der Waals surface area contributed by atoms with Gasteiger partial charge in [-0.05, 0) is 55.5 Å². The highest BCUT2D eigenvalue weighted by molar-refractivity contribution is 7.90. The second-order valence-corrected chi connectivity index (χ2v) is 8.65. The average molecular weight is 357 g/mol. The Bertz CT molecular complexity index is 829. The van der Waals surface area contributed by atoms with Crippen LogP contribution in [-0.2, 0) is 16.3 Å². The summed E-state index contributed by atoms with van der Waals surface area (Å²) in [5.74, 6) is -0.0133. The number of carbonyl (C=O) groups excluding carboxylic acids is 1. The van der Waals surface area contributed by atoms with E-state index >= 15 is 0 Å². The fourth-order valence-electron chi connectivity index (χ4n) is 3.38. The number of likely N-dealkylation sites (tertiary alicyclic amines) is 1. The predicted molar refractivity (Wildman–Crippen MR) is 98.4 cm³/mol. The number of benzene rings is 2. The second-order valence-electron chi connectivity index (χ2n) is 6.63. The third-order valence-corrected chi connectivity index (χ3v) is 5.86. The molecule has 0 bridgehead atoms. The Labute approximate surface area is 149 Å². The first-order chi connectivity index (χ1) is 11.9. The van der Waals surface area contributed by atoms with Crippen molar-refractivity contribution in [1.82, 2.24) is 4.90 Å². The summed E-state index contributed by atoms with van der Waals surface area (Å²) in [6, 6.07) is 16.7. The van der Waals surface area contributed by atoms with Gasteiger partial charge in [0.2, 0.25) is 0 Å².